The molecule has 1 saturated carbocycles. The number of nitrogens with zero attached hydrogens (tertiary/aromatic N) is 5. The highest BCUT2D eigenvalue weighted by atomic mass is 32.1. The van der Waals surface area contributed by atoms with Crippen LogP contribution >= 0.6 is 11.3 Å². The zero-order chi connectivity index (χ0) is 28.5. The molecule has 218 valence electrons. The van der Waals surface area contributed by atoms with Gasteiger partial charge in [-0.1, -0.05) is 24.3 Å². The van der Waals surface area contributed by atoms with E-state index in [-0.39, 0.29) is 17.9 Å². The number of carbonyl (C=O) groups excluding carboxylic acids is 1. The molecule has 0 spiro atoms. The number of allylic oxidation sites excluding steroid dienone is 1. The fourth-order valence-electron chi connectivity index (χ4n) is 6.62. The van der Waals surface area contributed by atoms with E-state index in [2.05, 4.69) is 69.4 Å². The van der Waals surface area contributed by atoms with Crippen molar-refractivity contribution in [2.75, 3.05) is 62.4 Å². The quantitative estimate of drug-likeness (QED) is 0.392. The maximum atomic E-state index is 14.0. The number of rotatable bonds is 5. The van der Waals surface area contributed by atoms with Crippen LogP contribution in [0.15, 0.2) is 64.7 Å². The topological polar surface area (TPSA) is 70.5 Å². The Hall–Kier alpha value is -3.53. The van der Waals surface area contributed by atoms with Gasteiger partial charge in [-0.2, -0.15) is 5.10 Å². The van der Waals surface area contributed by atoms with Gasteiger partial charge in [-0.3, -0.25) is 4.79 Å². The first-order valence-electron chi connectivity index (χ1n) is 15.0. The summed E-state index contributed by atoms with van der Waals surface area (Å²) in [6.07, 6.45) is 5.32. The number of hydrogen-bond donors (Lipinski definition) is 0. The fraction of sp³-hybridized carbons (Fsp3) is 0.424. The van der Waals surface area contributed by atoms with Crippen molar-refractivity contribution in [2.45, 2.75) is 32.2 Å². The maximum absolute atomic E-state index is 14.0. The zero-order valence-electron chi connectivity index (χ0n) is 24.1. The van der Waals surface area contributed by atoms with Crippen molar-refractivity contribution in [3.05, 3.63) is 81.3 Å². The van der Waals surface area contributed by atoms with Gasteiger partial charge < -0.3 is 19.3 Å². The third-order valence-electron chi connectivity index (χ3n) is 8.87. The average Bonchev–Trinajstić information content (AvgIpc) is 3.66. The smallest absolute Gasteiger partial charge is 0.286 e. The van der Waals surface area contributed by atoms with Crippen molar-refractivity contribution in [1.82, 2.24) is 9.99 Å². The van der Waals surface area contributed by atoms with Crippen LogP contribution in [0.3, 0.4) is 0 Å². The van der Waals surface area contributed by atoms with Gasteiger partial charge in [-0.05, 0) is 73.2 Å². The van der Waals surface area contributed by atoms with E-state index in [0.29, 0.717) is 4.88 Å². The molecule has 1 amide bonds. The molecular weight excluding hydrogens is 546 g/mol. The molecule has 3 aromatic rings. The van der Waals surface area contributed by atoms with Gasteiger partial charge in [0, 0.05) is 43.5 Å². The highest BCUT2D eigenvalue weighted by Crippen LogP contribution is 2.45. The van der Waals surface area contributed by atoms with Crippen LogP contribution in [0.5, 0.6) is 0 Å². The van der Waals surface area contributed by atoms with Gasteiger partial charge in [0.15, 0.2) is 0 Å². The molecule has 4 heterocycles. The summed E-state index contributed by atoms with van der Waals surface area (Å²) in [5.74, 6) is 0.0948. The largest absolute Gasteiger partial charge is 0.378 e. The molecule has 1 aromatic heterocycles. The highest BCUT2D eigenvalue weighted by molar-refractivity contribution is 7.11. The summed E-state index contributed by atoms with van der Waals surface area (Å²) in [4.78, 5) is 23.7. The van der Waals surface area contributed by atoms with Crippen LogP contribution in [-0.4, -0.2) is 74.2 Å². The molecular formula is C33H37N5O3S. The van der Waals surface area contributed by atoms with Gasteiger partial charge in [-0.15, -0.1) is 11.3 Å². The van der Waals surface area contributed by atoms with Crippen LogP contribution in [0, 0.1) is 12.8 Å². The van der Waals surface area contributed by atoms with E-state index in [4.69, 9.17) is 14.6 Å². The van der Waals surface area contributed by atoms with Gasteiger partial charge in [0.05, 0.1) is 49.4 Å². The van der Waals surface area contributed by atoms with E-state index in [9.17, 15) is 4.79 Å². The Labute approximate surface area is 251 Å². The number of aromatic nitrogens is 1. The predicted molar refractivity (Wildman–Crippen MR) is 167 cm³/mol. The first-order chi connectivity index (χ1) is 20.7. The maximum Gasteiger partial charge on any atom is 0.286 e. The van der Waals surface area contributed by atoms with E-state index in [1.807, 2.05) is 6.92 Å². The van der Waals surface area contributed by atoms with E-state index in [1.165, 1.54) is 33.8 Å². The lowest BCUT2D eigenvalue weighted by Crippen LogP contribution is -2.36. The minimum Gasteiger partial charge on any atom is -0.378 e. The molecule has 7 rings (SSSR count). The molecule has 2 unspecified atom stereocenters. The Morgan fingerprint density at radius 1 is 0.905 bits per heavy atom. The number of ether oxygens (including phenoxy) is 2. The number of hydrazone groups is 1. The Morgan fingerprint density at radius 2 is 1.52 bits per heavy atom. The van der Waals surface area contributed by atoms with Gasteiger partial charge in [0.1, 0.15) is 4.88 Å². The van der Waals surface area contributed by atoms with Crippen molar-refractivity contribution in [2.24, 2.45) is 11.0 Å². The van der Waals surface area contributed by atoms with Gasteiger partial charge >= 0.3 is 0 Å². The molecule has 2 saturated heterocycles. The number of hydrogen-bond acceptors (Lipinski definition) is 8. The van der Waals surface area contributed by atoms with Crippen LogP contribution in [0.1, 0.15) is 51.8 Å². The summed E-state index contributed by atoms with van der Waals surface area (Å²) in [6.45, 7) is 8.62. The van der Waals surface area contributed by atoms with Crippen LogP contribution in [-0.2, 0) is 9.47 Å². The lowest BCUT2D eigenvalue weighted by Gasteiger charge is -2.31. The number of anilines is 2. The highest BCUT2D eigenvalue weighted by Gasteiger charge is 2.44. The molecule has 3 aliphatic heterocycles. The standard InChI is InChI=1S/C33H37N5O3S/c1-23-32(42-22-34-23)33(39)38-31(25-7-11-28(12-8-25)37-15-19-41-20-16-37)29-4-2-3-26(30(29)35-38)21-24-5-9-27(10-6-24)36-13-17-40-18-14-36/h5-12,21-22,29,31H,2-4,13-20H2,1H3/b26-21+. The van der Waals surface area contributed by atoms with E-state index >= 15 is 0 Å². The lowest BCUT2D eigenvalue weighted by molar-refractivity contribution is 0.0685. The normalized spacial score (nSPS) is 23.7. The summed E-state index contributed by atoms with van der Waals surface area (Å²) < 4.78 is 11.1. The molecule has 42 heavy (non-hydrogen) atoms. The van der Waals surface area contributed by atoms with Gasteiger partial charge in [-0.25, -0.2) is 9.99 Å². The number of benzene rings is 2. The fourth-order valence-corrected chi connectivity index (χ4v) is 7.35. The first-order valence-corrected chi connectivity index (χ1v) is 15.9. The van der Waals surface area contributed by atoms with E-state index < -0.39 is 0 Å². The minimum absolute atomic E-state index is 0.0617. The Bertz CT molecular complexity index is 1470. The predicted octanol–water partition coefficient (Wildman–Crippen LogP) is 5.56. The van der Waals surface area contributed by atoms with Crippen LogP contribution in [0.25, 0.3) is 6.08 Å². The van der Waals surface area contributed by atoms with Crippen LogP contribution < -0.4 is 9.80 Å². The Balaban J connectivity index is 1.20. The molecule has 3 fully saturated rings. The molecule has 8 nitrogen and oxygen atoms in total. The summed E-state index contributed by atoms with van der Waals surface area (Å²) in [6, 6.07) is 17.4. The Morgan fingerprint density at radius 3 is 2.12 bits per heavy atom. The number of carbonyl (C=O) groups is 1. The number of fused-ring (bicyclic) bond motifs is 1. The number of aryl methyl sites for hydroxylation is 1. The second-order valence-electron chi connectivity index (χ2n) is 11.4. The van der Waals surface area contributed by atoms with Crippen molar-refractivity contribution in [3.8, 4) is 0 Å². The van der Waals surface area contributed by atoms with Crippen molar-refractivity contribution >= 4 is 40.4 Å². The third kappa shape index (κ3) is 5.37. The second kappa shape index (κ2) is 12.0. The molecule has 4 aliphatic rings. The lowest BCUT2D eigenvalue weighted by atomic mass is 9.77. The zero-order valence-corrected chi connectivity index (χ0v) is 24.9. The molecule has 1 aliphatic carbocycles. The van der Waals surface area contributed by atoms with Gasteiger partial charge in [0.2, 0.25) is 0 Å². The SMILES string of the molecule is Cc1ncsc1C(=O)N1N=C2/C(=C/c3ccc(N4CCOCC4)cc3)CCCC2C1c1ccc(N2CCOCC2)cc1. The Kier molecular flexibility index (Phi) is 7.80. The first kappa shape index (κ1) is 27.3. The van der Waals surface area contributed by atoms with Crippen LogP contribution in [0.4, 0.5) is 11.4 Å². The van der Waals surface area contributed by atoms with Crippen molar-refractivity contribution in [1.29, 1.82) is 0 Å². The summed E-state index contributed by atoms with van der Waals surface area (Å²) in [7, 11) is 0. The second-order valence-corrected chi connectivity index (χ2v) is 12.3. The van der Waals surface area contributed by atoms with E-state index in [0.717, 1.165) is 88.8 Å². The van der Waals surface area contributed by atoms with Crippen LogP contribution in [0.2, 0.25) is 0 Å². The van der Waals surface area contributed by atoms with E-state index in [1.54, 1.807) is 10.5 Å². The summed E-state index contributed by atoms with van der Waals surface area (Å²) >= 11 is 1.40. The minimum atomic E-state index is -0.139. The number of thiazole rings is 1. The molecule has 0 radical (unpaired) electrons. The third-order valence-corrected chi connectivity index (χ3v) is 9.79. The molecule has 0 N–H and O–H groups in total. The summed E-state index contributed by atoms with van der Waals surface area (Å²) in [5, 5.41) is 6.86. The molecule has 2 aromatic carbocycles. The van der Waals surface area contributed by atoms with Gasteiger partial charge in [0.25, 0.3) is 5.91 Å². The number of morpholine rings is 2. The monoisotopic (exact) mass is 583 g/mol. The average molecular weight is 584 g/mol. The van der Waals surface area contributed by atoms with Crippen molar-refractivity contribution < 1.29 is 14.3 Å². The van der Waals surface area contributed by atoms with Crippen molar-refractivity contribution in [3.63, 3.8) is 0 Å². The molecule has 9 heteroatoms. The summed E-state index contributed by atoms with van der Waals surface area (Å²) in [5.41, 5.74) is 9.52. The number of amides is 1. The molecule has 0 bridgehead atoms. The molecule has 2 atom stereocenters.